The fourth-order valence-corrected chi connectivity index (χ4v) is 3.19. The van der Waals surface area contributed by atoms with E-state index in [0.29, 0.717) is 0 Å². The molecule has 0 aromatic rings. The third-order valence-corrected chi connectivity index (χ3v) is 4.41. The summed E-state index contributed by atoms with van der Waals surface area (Å²) < 4.78 is 0. The third kappa shape index (κ3) is 6.25. The molecule has 0 saturated carbocycles. The van der Waals surface area contributed by atoms with Gasteiger partial charge in [-0.25, -0.2) is 0 Å². The van der Waals surface area contributed by atoms with E-state index in [-0.39, 0.29) is 5.91 Å². The number of likely N-dealkylation sites (tertiary alicyclic amines) is 2. The summed E-state index contributed by atoms with van der Waals surface area (Å²) in [6, 6.07) is 0. The smallest absolute Gasteiger partial charge is 0.219 e. The number of rotatable bonds is 1. The summed E-state index contributed by atoms with van der Waals surface area (Å²) in [7, 11) is 2.22. The summed E-state index contributed by atoms with van der Waals surface area (Å²) in [5.74, 6) is 2.05. The fraction of sp³-hybridized carbons (Fsp3) is 0.941. The van der Waals surface area contributed by atoms with Crippen LogP contribution in [0.3, 0.4) is 0 Å². The van der Waals surface area contributed by atoms with E-state index in [4.69, 9.17) is 0 Å². The standard InChI is InChI=1S/C13H24N2O.2C2H6/c1-11(16)15-9-5-13(6-10-15)12-3-7-14(2)8-4-12;2*1-2/h12-13H,3-10H2,1-2H3;2*1-2H3. The highest BCUT2D eigenvalue weighted by Gasteiger charge is 2.29. The molecule has 0 bridgehead atoms. The summed E-state index contributed by atoms with van der Waals surface area (Å²) in [5, 5.41) is 0. The summed E-state index contributed by atoms with van der Waals surface area (Å²) >= 11 is 0. The Morgan fingerprint density at radius 1 is 0.800 bits per heavy atom. The first-order valence-corrected chi connectivity index (χ1v) is 8.61. The van der Waals surface area contributed by atoms with E-state index in [1.807, 2.05) is 32.6 Å². The van der Waals surface area contributed by atoms with Gasteiger partial charge in [0.25, 0.3) is 0 Å². The Morgan fingerprint density at radius 2 is 1.15 bits per heavy atom. The minimum absolute atomic E-state index is 0.252. The Hall–Kier alpha value is -0.570. The molecule has 120 valence electrons. The van der Waals surface area contributed by atoms with E-state index >= 15 is 0 Å². The molecule has 0 aromatic carbocycles. The molecular formula is C17H36N2O. The molecule has 0 aliphatic carbocycles. The summed E-state index contributed by atoms with van der Waals surface area (Å²) in [4.78, 5) is 15.7. The molecule has 0 atom stereocenters. The Labute approximate surface area is 126 Å². The number of carbonyl (C=O) groups is 1. The molecule has 3 nitrogen and oxygen atoms in total. The Kier molecular flexibility index (Phi) is 10.8. The van der Waals surface area contributed by atoms with E-state index in [1.165, 1.54) is 38.8 Å². The van der Waals surface area contributed by atoms with Crippen LogP contribution in [0.4, 0.5) is 0 Å². The average Bonchev–Trinajstić information content (AvgIpc) is 2.52. The van der Waals surface area contributed by atoms with Crippen molar-refractivity contribution in [1.29, 1.82) is 0 Å². The molecule has 2 aliphatic rings. The number of hydrogen-bond donors (Lipinski definition) is 0. The number of hydrogen-bond acceptors (Lipinski definition) is 2. The molecular weight excluding hydrogens is 248 g/mol. The third-order valence-electron chi connectivity index (χ3n) is 4.41. The van der Waals surface area contributed by atoms with Crippen molar-refractivity contribution in [3.05, 3.63) is 0 Å². The van der Waals surface area contributed by atoms with Crippen LogP contribution >= 0.6 is 0 Å². The first-order valence-electron chi connectivity index (χ1n) is 8.61. The van der Waals surface area contributed by atoms with Gasteiger partial charge < -0.3 is 9.80 Å². The monoisotopic (exact) mass is 284 g/mol. The van der Waals surface area contributed by atoms with Crippen LogP contribution < -0.4 is 0 Å². The lowest BCUT2D eigenvalue weighted by Gasteiger charge is -2.39. The zero-order valence-electron chi connectivity index (χ0n) is 14.6. The largest absolute Gasteiger partial charge is 0.343 e. The minimum Gasteiger partial charge on any atom is -0.343 e. The predicted octanol–water partition coefficient (Wildman–Crippen LogP) is 3.64. The molecule has 20 heavy (non-hydrogen) atoms. The van der Waals surface area contributed by atoms with Crippen LogP contribution in [0.15, 0.2) is 0 Å². The summed E-state index contributed by atoms with van der Waals surface area (Å²) in [5.41, 5.74) is 0. The topological polar surface area (TPSA) is 23.6 Å². The van der Waals surface area contributed by atoms with Gasteiger partial charge in [-0.05, 0) is 57.7 Å². The SMILES string of the molecule is CC.CC.CC(=O)N1CCC(C2CCN(C)CC2)CC1. The van der Waals surface area contributed by atoms with Crippen molar-refractivity contribution >= 4 is 5.91 Å². The van der Waals surface area contributed by atoms with Gasteiger partial charge in [0.1, 0.15) is 0 Å². The quantitative estimate of drug-likeness (QED) is 0.734. The fourth-order valence-electron chi connectivity index (χ4n) is 3.19. The highest BCUT2D eigenvalue weighted by atomic mass is 16.2. The van der Waals surface area contributed by atoms with Crippen molar-refractivity contribution < 1.29 is 4.79 Å². The van der Waals surface area contributed by atoms with Crippen molar-refractivity contribution in [2.75, 3.05) is 33.2 Å². The molecule has 2 heterocycles. The summed E-state index contributed by atoms with van der Waals surface area (Å²) in [6.45, 7) is 14.2. The van der Waals surface area contributed by atoms with Crippen molar-refractivity contribution in [2.45, 2.75) is 60.3 Å². The van der Waals surface area contributed by atoms with Gasteiger partial charge in [-0.15, -0.1) is 0 Å². The average molecular weight is 284 g/mol. The van der Waals surface area contributed by atoms with Crippen molar-refractivity contribution in [1.82, 2.24) is 9.80 Å². The Morgan fingerprint density at radius 3 is 1.50 bits per heavy atom. The van der Waals surface area contributed by atoms with Crippen molar-refractivity contribution in [2.24, 2.45) is 11.8 Å². The van der Waals surface area contributed by atoms with E-state index in [1.54, 1.807) is 6.92 Å². The second-order valence-corrected chi connectivity index (χ2v) is 5.48. The molecule has 0 radical (unpaired) electrons. The van der Waals surface area contributed by atoms with Crippen LogP contribution in [0.1, 0.15) is 60.3 Å². The van der Waals surface area contributed by atoms with Crippen LogP contribution in [0.5, 0.6) is 0 Å². The highest BCUT2D eigenvalue weighted by Crippen LogP contribution is 2.31. The zero-order chi connectivity index (χ0) is 15.5. The normalized spacial score (nSPS) is 21.4. The summed E-state index contributed by atoms with van der Waals surface area (Å²) in [6.07, 6.45) is 5.18. The molecule has 2 rings (SSSR count). The first-order chi connectivity index (χ1) is 9.66. The molecule has 2 fully saturated rings. The number of amides is 1. The maximum atomic E-state index is 11.2. The molecule has 0 spiro atoms. The van der Waals surface area contributed by atoms with Gasteiger partial charge in [0.2, 0.25) is 5.91 Å². The Bertz CT molecular complexity index is 239. The van der Waals surface area contributed by atoms with Crippen LogP contribution in [0.25, 0.3) is 0 Å². The predicted molar refractivity (Wildman–Crippen MR) is 87.9 cm³/mol. The molecule has 1 amide bonds. The van der Waals surface area contributed by atoms with E-state index < -0.39 is 0 Å². The number of carbonyl (C=O) groups excluding carboxylic acids is 1. The van der Waals surface area contributed by atoms with Gasteiger partial charge in [-0.3, -0.25) is 4.79 Å². The number of nitrogens with zero attached hydrogens (tertiary/aromatic N) is 2. The maximum absolute atomic E-state index is 11.2. The van der Waals surface area contributed by atoms with Crippen molar-refractivity contribution in [3.63, 3.8) is 0 Å². The maximum Gasteiger partial charge on any atom is 0.219 e. The van der Waals surface area contributed by atoms with E-state index in [9.17, 15) is 4.79 Å². The molecule has 2 saturated heterocycles. The van der Waals surface area contributed by atoms with E-state index in [2.05, 4.69) is 11.9 Å². The van der Waals surface area contributed by atoms with Gasteiger partial charge in [0.15, 0.2) is 0 Å². The van der Waals surface area contributed by atoms with Crippen LogP contribution in [0, 0.1) is 11.8 Å². The first kappa shape index (κ1) is 19.4. The van der Waals surface area contributed by atoms with Crippen LogP contribution in [-0.2, 0) is 4.79 Å². The zero-order valence-corrected chi connectivity index (χ0v) is 14.6. The second kappa shape index (κ2) is 11.1. The van der Waals surface area contributed by atoms with Gasteiger partial charge in [0, 0.05) is 20.0 Å². The molecule has 0 unspecified atom stereocenters. The lowest BCUT2D eigenvalue weighted by atomic mass is 9.79. The minimum atomic E-state index is 0.252. The number of piperidine rings is 2. The van der Waals surface area contributed by atoms with Gasteiger partial charge in [-0.2, -0.15) is 0 Å². The van der Waals surface area contributed by atoms with Gasteiger partial charge >= 0.3 is 0 Å². The van der Waals surface area contributed by atoms with Gasteiger partial charge in [-0.1, -0.05) is 27.7 Å². The van der Waals surface area contributed by atoms with Crippen molar-refractivity contribution in [3.8, 4) is 0 Å². The van der Waals surface area contributed by atoms with E-state index in [0.717, 1.165) is 24.9 Å². The lowest BCUT2D eigenvalue weighted by Crippen LogP contribution is -2.41. The molecule has 0 aromatic heterocycles. The van der Waals surface area contributed by atoms with Crippen LogP contribution in [-0.4, -0.2) is 48.9 Å². The second-order valence-electron chi connectivity index (χ2n) is 5.48. The molecule has 0 N–H and O–H groups in total. The lowest BCUT2D eigenvalue weighted by molar-refractivity contribution is -0.130. The Balaban J connectivity index is 0.000000829. The molecule has 3 heteroatoms. The highest BCUT2D eigenvalue weighted by molar-refractivity contribution is 5.73. The molecule has 2 aliphatic heterocycles. The van der Waals surface area contributed by atoms with Crippen LogP contribution in [0.2, 0.25) is 0 Å². The van der Waals surface area contributed by atoms with Gasteiger partial charge in [0.05, 0.1) is 0 Å².